The second-order valence-corrected chi connectivity index (χ2v) is 12.3. The molecule has 14 nitrogen and oxygen atoms in total. The second kappa shape index (κ2) is 13.2. The van der Waals surface area contributed by atoms with Crippen LogP contribution in [0.25, 0.3) is 0 Å². The number of alkyl carbamates (subject to hydrolysis) is 1. The van der Waals surface area contributed by atoms with E-state index in [0.29, 0.717) is 15.4 Å². The van der Waals surface area contributed by atoms with Gasteiger partial charge in [-0.15, -0.1) is 11.8 Å². The molecule has 1 saturated heterocycles. The number of amides is 2. The van der Waals surface area contributed by atoms with E-state index >= 15 is 0 Å². The van der Waals surface area contributed by atoms with Crippen LogP contribution in [0.1, 0.15) is 25.0 Å². The molecule has 2 aliphatic heterocycles. The zero-order valence-corrected chi connectivity index (χ0v) is 24.0. The monoisotopic (exact) mass is 618 g/mol. The van der Waals surface area contributed by atoms with Gasteiger partial charge in [0.2, 0.25) is 5.91 Å². The molecule has 0 spiro atoms. The van der Waals surface area contributed by atoms with Crippen molar-refractivity contribution in [2.75, 3.05) is 6.54 Å². The Morgan fingerprint density at radius 2 is 1.52 bits per heavy atom. The molecule has 42 heavy (non-hydrogen) atoms. The van der Waals surface area contributed by atoms with E-state index in [4.69, 9.17) is 9.47 Å². The Bertz CT molecular complexity index is 1420. The predicted molar refractivity (Wildman–Crippen MR) is 152 cm³/mol. The van der Waals surface area contributed by atoms with Crippen LogP contribution in [-0.4, -0.2) is 61.1 Å². The van der Waals surface area contributed by atoms with Gasteiger partial charge >= 0.3 is 12.1 Å². The van der Waals surface area contributed by atoms with E-state index in [1.807, 2.05) is 0 Å². The molecular weight excluding hydrogens is 592 g/mol. The van der Waals surface area contributed by atoms with E-state index in [0.717, 1.165) is 0 Å². The van der Waals surface area contributed by atoms with Crippen LogP contribution in [0.5, 0.6) is 0 Å². The van der Waals surface area contributed by atoms with Crippen LogP contribution in [0.2, 0.25) is 0 Å². The number of nitro benzene ring substituents is 2. The molecule has 3 unspecified atom stereocenters. The number of fused-ring (bicyclic) bond motifs is 1. The molecule has 0 aromatic heterocycles. The largest absolute Gasteiger partial charge is 0.456 e. The van der Waals surface area contributed by atoms with Gasteiger partial charge in [0, 0.05) is 36.1 Å². The van der Waals surface area contributed by atoms with Gasteiger partial charge in [-0.05, 0) is 42.3 Å². The van der Waals surface area contributed by atoms with E-state index in [9.17, 15) is 39.7 Å². The number of nitro groups is 2. The Labute approximate surface area is 247 Å². The number of benzene rings is 2. The fraction of sp³-hybridized carbons (Fsp3) is 0.346. The highest BCUT2D eigenvalue weighted by atomic mass is 32.2. The molecule has 2 aromatic carbocycles. The third kappa shape index (κ3) is 7.00. The number of hydrogen-bond donors (Lipinski definition) is 2. The number of hydrogen-bond acceptors (Lipinski definition) is 12. The highest BCUT2D eigenvalue weighted by Crippen LogP contribution is 2.54. The molecule has 2 N–H and O–H groups in total. The van der Waals surface area contributed by atoms with Gasteiger partial charge in [-0.3, -0.25) is 29.9 Å². The lowest BCUT2D eigenvalue weighted by molar-refractivity contribution is -0.385. The molecule has 16 heteroatoms. The van der Waals surface area contributed by atoms with Gasteiger partial charge in [0.25, 0.3) is 11.4 Å². The third-order valence-corrected chi connectivity index (χ3v) is 9.04. The number of carbonyl (C=O) groups excluding carboxylic acids is 3. The molecule has 4 atom stereocenters. The molecule has 2 aromatic rings. The van der Waals surface area contributed by atoms with Crippen LogP contribution in [0.3, 0.4) is 0 Å². The highest BCUT2D eigenvalue weighted by Gasteiger charge is 2.58. The molecule has 0 aliphatic carbocycles. The zero-order chi connectivity index (χ0) is 30.6. The molecule has 0 saturated carbocycles. The summed E-state index contributed by atoms with van der Waals surface area (Å²) in [4.78, 5) is 60.0. The first kappa shape index (κ1) is 30.8. The first-order valence-corrected chi connectivity index (χ1v) is 14.3. The van der Waals surface area contributed by atoms with Crippen molar-refractivity contribution in [3.8, 4) is 0 Å². The van der Waals surface area contributed by atoms with E-state index in [2.05, 4.69) is 5.32 Å². The molecule has 2 heterocycles. The fourth-order valence-corrected chi connectivity index (χ4v) is 7.27. The first-order chi connectivity index (χ1) is 20.0. The van der Waals surface area contributed by atoms with Crippen molar-refractivity contribution >= 4 is 52.9 Å². The Morgan fingerprint density at radius 3 is 2.02 bits per heavy atom. The van der Waals surface area contributed by atoms with E-state index in [1.54, 1.807) is 6.92 Å². The lowest BCUT2D eigenvalue weighted by Gasteiger charge is -2.43. The van der Waals surface area contributed by atoms with Crippen molar-refractivity contribution in [1.29, 1.82) is 0 Å². The van der Waals surface area contributed by atoms with Crippen LogP contribution < -0.4 is 5.32 Å². The van der Waals surface area contributed by atoms with Crippen molar-refractivity contribution in [3.05, 3.63) is 89.8 Å². The Balaban J connectivity index is 1.35. The number of thioether (sulfide) groups is 2. The van der Waals surface area contributed by atoms with Crippen molar-refractivity contribution < 1.29 is 38.8 Å². The van der Waals surface area contributed by atoms with Gasteiger partial charge in [0.1, 0.15) is 18.6 Å². The quantitative estimate of drug-likeness (QED) is 0.152. The summed E-state index contributed by atoms with van der Waals surface area (Å²) in [6, 6.07) is 11.1. The first-order valence-electron chi connectivity index (χ1n) is 12.6. The number of aliphatic hydroxyl groups is 1. The maximum atomic E-state index is 13.1. The van der Waals surface area contributed by atoms with Crippen LogP contribution in [0.4, 0.5) is 16.2 Å². The number of rotatable bonds is 12. The lowest BCUT2D eigenvalue weighted by Crippen LogP contribution is -2.60. The molecule has 2 amide bonds. The number of nitrogens with zero attached hydrogens (tertiary/aromatic N) is 3. The van der Waals surface area contributed by atoms with E-state index in [-0.39, 0.29) is 42.1 Å². The zero-order valence-electron chi connectivity index (χ0n) is 22.3. The number of β-lactam (4-membered cyclic amide) rings is 1. The van der Waals surface area contributed by atoms with Crippen LogP contribution in [-0.2, 0) is 32.3 Å². The summed E-state index contributed by atoms with van der Waals surface area (Å²) in [5, 5.41) is 33.6. The Morgan fingerprint density at radius 1 is 1.00 bits per heavy atom. The molecule has 2 aliphatic rings. The van der Waals surface area contributed by atoms with Crippen LogP contribution in [0, 0.1) is 26.1 Å². The SMILES string of the molecule is CC(CNC(=O)OCc1ccc([N+](=O)[O-])cc1)SC1=C(C(=O)OCc2ccc([N+](=O)[O-])cc2)N2C(=O)C(C(C)O)[C@H]2S1. The minimum absolute atomic E-state index is 0.0476. The number of carbonyl (C=O) groups is 3. The lowest BCUT2D eigenvalue weighted by atomic mass is 9.92. The predicted octanol–water partition coefficient (Wildman–Crippen LogP) is 3.68. The highest BCUT2D eigenvalue weighted by molar-refractivity contribution is 8.23. The minimum atomic E-state index is -0.919. The standard InChI is InChI=1S/C26H26N4O10S2/c1-14(11-27-26(34)40-13-17-5-9-19(10-6-17)30(37)38)41-25-21(28-22(32)20(15(2)31)23(28)42-25)24(33)39-12-16-3-7-18(8-4-16)29(35)36/h3-10,14-15,20,23,31H,11-13H2,1-2H3,(H,27,34)/t14?,15?,20?,23-/m1/s1. The summed E-state index contributed by atoms with van der Waals surface area (Å²) in [5.74, 6) is -1.85. The topological polar surface area (TPSA) is 191 Å². The van der Waals surface area contributed by atoms with Gasteiger partial charge in [-0.2, -0.15) is 0 Å². The third-order valence-electron chi connectivity index (χ3n) is 6.34. The molecule has 0 bridgehead atoms. The van der Waals surface area contributed by atoms with Crippen LogP contribution >= 0.6 is 23.5 Å². The maximum Gasteiger partial charge on any atom is 0.407 e. The molecule has 4 rings (SSSR count). The molecular formula is C26H26N4O10S2. The maximum absolute atomic E-state index is 13.1. The van der Waals surface area contributed by atoms with Crippen molar-refractivity contribution in [1.82, 2.24) is 10.2 Å². The van der Waals surface area contributed by atoms with E-state index in [1.165, 1.54) is 83.9 Å². The van der Waals surface area contributed by atoms with Crippen LogP contribution in [0.15, 0.2) is 58.5 Å². The van der Waals surface area contributed by atoms with Gasteiger partial charge in [-0.1, -0.05) is 18.7 Å². The molecule has 222 valence electrons. The van der Waals surface area contributed by atoms with Gasteiger partial charge in [0.05, 0.1) is 26.1 Å². The number of nitrogens with one attached hydrogen (secondary N) is 1. The summed E-state index contributed by atoms with van der Waals surface area (Å²) in [6.45, 7) is 3.20. The minimum Gasteiger partial charge on any atom is -0.456 e. The average molecular weight is 619 g/mol. The summed E-state index contributed by atoms with van der Waals surface area (Å²) in [6.07, 6.45) is -1.62. The molecule has 1 fully saturated rings. The van der Waals surface area contributed by atoms with Crippen molar-refractivity contribution in [2.45, 2.75) is 43.8 Å². The van der Waals surface area contributed by atoms with E-state index < -0.39 is 45.2 Å². The fourth-order valence-electron chi connectivity index (χ4n) is 4.12. The second-order valence-electron chi connectivity index (χ2n) is 9.43. The van der Waals surface area contributed by atoms with Gasteiger partial charge in [-0.25, -0.2) is 9.59 Å². The van der Waals surface area contributed by atoms with Crippen molar-refractivity contribution in [2.24, 2.45) is 5.92 Å². The Kier molecular flexibility index (Phi) is 9.70. The number of ether oxygens (including phenoxy) is 2. The smallest absolute Gasteiger partial charge is 0.407 e. The number of non-ortho nitro benzene ring substituents is 2. The van der Waals surface area contributed by atoms with Crippen molar-refractivity contribution in [3.63, 3.8) is 0 Å². The van der Waals surface area contributed by atoms with Gasteiger partial charge in [0.15, 0.2) is 5.70 Å². The number of esters is 1. The summed E-state index contributed by atoms with van der Waals surface area (Å²) in [7, 11) is 0. The summed E-state index contributed by atoms with van der Waals surface area (Å²) >= 11 is 2.51. The number of aliphatic hydroxyl groups excluding tert-OH is 1. The summed E-state index contributed by atoms with van der Waals surface area (Å²) in [5.41, 5.74) is 0.965. The Hall–Kier alpha value is -4.15. The summed E-state index contributed by atoms with van der Waals surface area (Å²) < 4.78 is 11.1. The molecule has 0 radical (unpaired) electrons. The normalized spacial score (nSPS) is 18.9. The van der Waals surface area contributed by atoms with Gasteiger partial charge < -0.3 is 19.9 Å². The average Bonchev–Trinajstić information content (AvgIpc) is 3.27.